The van der Waals surface area contributed by atoms with E-state index in [1.165, 1.54) is 4.31 Å². The maximum Gasteiger partial charge on any atom is 0.243 e. The summed E-state index contributed by atoms with van der Waals surface area (Å²) in [6.45, 7) is 4.71. The maximum atomic E-state index is 13.2. The summed E-state index contributed by atoms with van der Waals surface area (Å²) in [4.78, 5) is 15.3. The Morgan fingerprint density at radius 3 is 2.45 bits per heavy atom. The zero-order valence-electron chi connectivity index (χ0n) is 17.7. The van der Waals surface area contributed by atoms with Gasteiger partial charge in [0.25, 0.3) is 0 Å². The van der Waals surface area contributed by atoms with Gasteiger partial charge in [-0.1, -0.05) is 30.3 Å². The zero-order valence-corrected chi connectivity index (χ0v) is 18.5. The second-order valence-corrected chi connectivity index (χ2v) is 9.72. The van der Waals surface area contributed by atoms with Gasteiger partial charge in [0.05, 0.1) is 4.90 Å². The highest BCUT2D eigenvalue weighted by molar-refractivity contribution is 7.89. The number of ether oxygens (including phenoxy) is 2. The molecule has 0 N–H and O–H groups in total. The second-order valence-electron chi connectivity index (χ2n) is 7.79. The summed E-state index contributed by atoms with van der Waals surface area (Å²) < 4.78 is 38.6. The van der Waals surface area contributed by atoms with E-state index in [1.54, 1.807) is 30.3 Å². The molecule has 8 heteroatoms. The van der Waals surface area contributed by atoms with Crippen molar-refractivity contribution >= 4 is 15.9 Å². The van der Waals surface area contributed by atoms with Crippen LogP contribution in [0.5, 0.6) is 11.5 Å². The molecule has 1 saturated heterocycles. The van der Waals surface area contributed by atoms with Gasteiger partial charge in [0, 0.05) is 37.7 Å². The van der Waals surface area contributed by atoms with E-state index in [2.05, 4.69) is 0 Å². The first-order chi connectivity index (χ1) is 15.0. The number of piperidine rings is 1. The average molecular weight is 445 g/mol. The summed E-state index contributed by atoms with van der Waals surface area (Å²) in [5, 5.41) is 0. The molecule has 0 radical (unpaired) electrons. The number of fused-ring (bicyclic) bond motifs is 1. The molecule has 2 aliphatic rings. The predicted octanol–water partition coefficient (Wildman–Crippen LogP) is 2.91. The molecule has 0 bridgehead atoms. The van der Waals surface area contributed by atoms with Gasteiger partial charge in [-0.3, -0.25) is 4.79 Å². The first-order valence-electron chi connectivity index (χ1n) is 10.7. The number of hydrogen-bond donors (Lipinski definition) is 0. The molecule has 2 aliphatic heterocycles. The van der Waals surface area contributed by atoms with Gasteiger partial charge in [-0.2, -0.15) is 4.31 Å². The van der Waals surface area contributed by atoms with Crippen molar-refractivity contribution in [2.24, 2.45) is 5.92 Å². The van der Waals surface area contributed by atoms with Crippen LogP contribution in [0.1, 0.15) is 25.3 Å². The lowest BCUT2D eigenvalue weighted by molar-refractivity contribution is -0.137. The van der Waals surface area contributed by atoms with Gasteiger partial charge < -0.3 is 14.4 Å². The van der Waals surface area contributed by atoms with Crippen LogP contribution in [0, 0.1) is 5.92 Å². The lowest BCUT2D eigenvalue weighted by Crippen LogP contribution is -2.44. The van der Waals surface area contributed by atoms with Gasteiger partial charge in [0.2, 0.25) is 15.9 Å². The fraction of sp³-hybridized carbons (Fsp3) is 0.435. The van der Waals surface area contributed by atoms with E-state index < -0.39 is 10.0 Å². The molecule has 0 aromatic heterocycles. The van der Waals surface area contributed by atoms with Crippen LogP contribution >= 0.6 is 0 Å². The van der Waals surface area contributed by atoms with E-state index in [0.717, 1.165) is 5.56 Å². The number of carbonyl (C=O) groups excluding carboxylic acids is 1. The Morgan fingerprint density at radius 1 is 1.03 bits per heavy atom. The third-order valence-corrected chi connectivity index (χ3v) is 7.80. The number of hydrogen-bond acceptors (Lipinski definition) is 5. The van der Waals surface area contributed by atoms with E-state index >= 15 is 0 Å². The highest BCUT2D eigenvalue weighted by Crippen LogP contribution is 2.35. The van der Waals surface area contributed by atoms with Crippen molar-refractivity contribution in [2.75, 3.05) is 32.8 Å². The van der Waals surface area contributed by atoms with Gasteiger partial charge in [-0.15, -0.1) is 0 Å². The first-order valence-corrected chi connectivity index (χ1v) is 12.2. The number of sulfonamides is 1. The van der Waals surface area contributed by atoms with Crippen LogP contribution in [-0.4, -0.2) is 56.4 Å². The van der Waals surface area contributed by atoms with E-state index in [1.807, 2.05) is 30.0 Å². The number of rotatable bonds is 6. The standard InChI is InChI=1S/C23H28N2O5S/c1-2-24(17-19-7-6-10-21-22(19)30-16-15-29-21)23(26)18-11-13-25(14-12-18)31(27,28)20-8-4-3-5-9-20/h3-10,18H,2,11-17H2,1H3. The molecule has 0 spiro atoms. The molecule has 0 aliphatic carbocycles. The Bertz CT molecular complexity index is 1020. The Hall–Kier alpha value is -2.58. The number of benzene rings is 2. The van der Waals surface area contributed by atoms with Crippen LogP contribution in [0.25, 0.3) is 0 Å². The normalized spacial score (nSPS) is 17.3. The van der Waals surface area contributed by atoms with Crippen molar-refractivity contribution in [1.29, 1.82) is 0 Å². The SMILES string of the molecule is CCN(Cc1cccc2c1OCCO2)C(=O)C1CCN(S(=O)(=O)c2ccccc2)CC1. The van der Waals surface area contributed by atoms with Gasteiger partial charge in [-0.05, 0) is 38.0 Å². The lowest BCUT2D eigenvalue weighted by atomic mass is 9.96. The molecule has 2 heterocycles. The molecule has 2 aromatic carbocycles. The molecule has 0 unspecified atom stereocenters. The van der Waals surface area contributed by atoms with Crippen LogP contribution in [0.15, 0.2) is 53.4 Å². The van der Waals surface area contributed by atoms with Crippen LogP contribution in [0.2, 0.25) is 0 Å². The minimum atomic E-state index is -3.52. The third kappa shape index (κ3) is 4.55. The minimum absolute atomic E-state index is 0.0635. The summed E-state index contributed by atoms with van der Waals surface area (Å²) in [6, 6.07) is 14.2. The maximum absolute atomic E-state index is 13.2. The zero-order chi connectivity index (χ0) is 21.8. The summed E-state index contributed by atoms with van der Waals surface area (Å²) in [7, 11) is -3.52. The van der Waals surface area contributed by atoms with Crippen molar-refractivity contribution in [3.63, 3.8) is 0 Å². The average Bonchev–Trinajstić information content (AvgIpc) is 2.83. The van der Waals surface area contributed by atoms with Gasteiger partial charge in [-0.25, -0.2) is 8.42 Å². The minimum Gasteiger partial charge on any atom is -0.486 e. The molecule has 2 aromatic rings. The van der Waals surface area contributed by atoms with E-state index in [4.69, 9.17) is 9.47 Å². The smallest absolute Gasteiger partial charge is 0.243 e. The molecule has 0 atom stereocenters. The van der Waals surface area contributed by atoms with Crippen molar-refractivity contribution in [3.05, 3.63) is 54.1 Å². The van der Waals surface area contributed by atoms with Crippen molar-refractivity contribution in [1.82, 2.24) is 9.21 Å². The number of carbonyl (C=O) groups is 1. The highest BCUT2D eigenvalue weighted by atomic mass is 32.2. The van der Waals surface area contributed by atoms with Crippen LogP contribution < -0.4 is 9.47 Å². The van der Waals surface area contributed by atoms with Crippen LogP contribution in [-0.2, 0) is 21.4 Å². The summed E-state index contributed by atoms with van der Waals surface area (Å²) in [6.07, 6.45) is 1.04. The fourth-order valence-electron chi connectivity index (χ4n) is 4.15. The molecule has 166 valence electrons. The van der Waals surface area contributed by atoms with Gasteiger partial charge in [0.15, 0.2) is 11.5 Å². The predicted molar refractivity (Wildman–Crippen MR) is 116 cm³/mol. The first kappa shape index (κ1) is 21.6. The summed E-state index contributed by atoms with van der Waals surface area (Å²) in [5.41, 5.74) is 0.927. The number of amides is 1. The Labute approximate surface area is 183 Å². The number of para-hydroxylation sites is 1. The Balaban J connectivity index is 1.41. The largest absolute Gasteiger partial charge is 0.486 e. The topological polar surface area (TPSA) is 76.2 Å². The molecule has 0 saturated carbocycles. The Kier molecular flexibility index (Phi) is 6.48. The van der Waals surface area contributed by atoms with E-state index in [0.29, 0.717) is 68.6 Å². The summed E-state index contributed by atoms with van der Waals surface area (Å²) in [5.74, 6) is 1.31. The molecule has 7 nitrogen and oxygen atoms in total. The molecular formula is C23H28N2O5S. The third-order valence-electron chi connectivity index (χ3n) is 5.89. The molecule has 1 fully saturated rings. The molecule has 31 heavy (non-hydrogen) atoms. The highest BCUT2D eigenvalue weighted by Gasteiger charge is 2.33. The van der Waals surface area contributed by atoms with Crippen LogP contribution in [0.3, 0.4) is 0 Å². The fourth-order valence-corrected chi connectivity index (χ4v) is 5.64. The summed E-state index contributed by atoms with van der Waals surface area (Å²) >= 11 is 0. The quantitative estimate of drug-likeness (QED) is 0.685. The van der Waals surface area contributed by atoms with Gasteiger partial charge >= 0.3 is 0 Å². The molecule has 4 rings (SSSR count). The second kappa shape index (κ2) is 9.28. The monoisotopic (exact) mass is 444 g/mol. The van der Waals surface area contributed by atoms with Crippen molar-refractivity contribution < 1.29 is 22.7 Å². The van der Waals surface area contributed by atoms with Gasteiger partial charge in [0.1, 0.15) is 13.2 Å². The van der Waals surface area contributed by atoms with E-state index in [-0.39, 0.29) is 11.8 Å². The van der Waals surface area contributed by atoms with E-state index in [9.17, 15) is 13.2 Å². The Morgan fingerprint density at radius 2 is 1.74 bits per heavy atom. The number of nitrogens with zero attached hydrogens (tertiary/aromatic N) is 2. The van der Waals surface area contributed by atoms with Crippen molar-refractivity contribution in [3.8, 4) is 11.5 Å². The molecule has 1 amide bonds. The van der Waals surface area contributed by atoms with Crippen LogP contribution in [0.4, 0.5) is 0 Å². The lowest BCUT2D eigenvalue weighted by Gasteiger charge is -2.33. The molecular weight excluding hydrogens is 416 g/mol. The van der Waals surface area contributed by atoms with Crippen molar-refractivity contribution in [2.45, 2.75) is 31.2 Å².